The highest BCUT2D eigenvalue weighted by Crippen LogP contribution is 2.22. The number of nitrogens with zero attached hydrogens (tertiary/aromatic N) is 2. The van der Waals surface area contributed by atoms with Crippen molar-refractivity contribution in [3.8, 4) is 0 Å². The highest BCUT2D eigenvalue weighted by atomic mass is 16.5. The molecule has 0 spiro atoms. The standard InChI is InChI=1S/C9H14N2O2/c1-9(12,3-4-13-2)8-5-10-7-11-6-8/h5-7,12H,3-4H2,1-2H3. The lowest BCUT2D eigenvalue weighted by Crippen LogP contribution is -2.23. The summed E-state index contributed by atoms with van der Waals surface area (Å²) in [4.78, 5) is 7.69. The van der Waals surface area contributed by atoms with Crippen molar-refractivity contribution in [3.05, 3.63) is 24.3 Å². The second kappa shape index (κ2) is 4.30. The van der Waals surface area contributed by atoms with Gasteiger partial charge in [0.25, 0.3) is 0 Å². The first kappa shape index (κ1) is 10.1. The molecular weight excluding hydrogens is 168 g/mol. The van der Waals surface area contributed by atoms with Gasteiger partial charge in [0.1, 0.15) is 6.33 Å². The maximum absolute atomic E-state index is 9.96. The van der Waals surface area contributed by atoms with Crippen molar-refractivity contribution in [3.63, 3.8) is 0 Å². The number of hydrogen-bond donors (Lipinski definition) is 1. The number of hydrogen-bond acceptors (Lipinski definition) is 4. The van der Waals surface area contributed by atoms with Gasteiger partial charge in [-0.1, -0.05) is 0 Å². The van der Waals surface area contributed by atoms with Crippen molar-refractivity contribution in [1.29, 1.82) is 0 Å². The molecule has 4 heteroatoms. The van der Waals surface area contributed by atoms with Crippen molar-refractivity contribution in [2.24, 2.45) is 0 Å². The van der Waals surface area contributed by atoms with Crippen LogP contribution in [0.2, 0.25) is 0 Å². The molecule has 0 aliphatic carbocycles. The van der Waals surface area contributed by atoms with E-state index in [0.717, 1.165) is 0 Å². The fourth-order valence-electron chi connectivity index (χ4n) is 1.02. The zero-order valence-corrected chi connectivity index (χ0v) is 7.90. The molecule has 1 unspecified atom stereocenters. The van der Waals surface area contributed by atoms with E-state index in [-0.39, 0.29) is 0 Å². The largest absolute Gasteiger partial charge is 0.385 e. The summed E-state index contributed by atoms with van der Waals surface area (Å²) in [5, 5.41) is 9.96. The summed E-state index contributed by atoms with van der Waals surface area (Å²) in [6.07, 6.45) is 5.21. The molecule has 0 aliphatic heterocycles. The first-order valence-electron chi connectivity index (χ1n) is 4.13. The van der Waals surface area contributed by atoms with Crippen LogP contribution in [0.1, 0.15) is 18.9 Å². The third-order valence-electron chi connectivity index (χ3n) is 1.98. The molecule has 0 saturated heterocycles. The molecule has 4 nitrogen and oxygen atoms in total. The summed E-state index contributed by atoms with van der Waals surface area (Å²) < 4.78 is 4.90. The first-order valence-corrected chi connectivity index (χ1v) is 4.13. The second-order valence-electron chi connectivity index (χ2n) is 3.14. The molecule has 0 amide bonds. The Hall–Kier alpha value is -1.00. The number of ether oxygens (including phenoxy) is 1. The summed E-state index contributed by atoms with van der Waals surface area (Å²) in [6, 6.07) is 0. The molecule has 0 saturated carbocycles. The Morgan fingerprint density at radius 2 is 2.08 bits per heavy atom. The molecule has 1 N–H and O–H groups in total. The molecule has 1 aromatic rings. The minimum absolute atomic E-state index is 0.516. The average Bonchev–Trinajstić information content (AvgIpc) is 2.16. The normalized spacial score (nSPS) is 15.3. The van der Waals surface area contributed by atoms with Gasteiger partial charge in [-0.2, -0.15) is 0 Å². The molecule has 13 heavy (non-hydrogen) atoms. The van der Waals surface area contributed by atoms with Crippen LogP contribution in [-0.2, 0) is 10.3 Å². The van der Waals surface area contributed by atoms with Gasteiger partial charge in [0.2, 0.25) is 0 Å². The molecule has 1 rings (SSSR count). The number of aliphatic hydroxyl groups is 1. The highest BCUT2D eigenvalue weighted by molar-refractivity contribution is 5.12. The molecule has 0 radical (unpaired) electrons. The van der Waals surface area contributed by atoms with Gasteiger partial charge in [0.15, 0.2) is 0 Å². The molecule has 1 atom stereocenters. The van der Waals surface area contributed by atoms with E-state index >= 15 is 0 Å². The summed E-state index contributed by atoms with van der Waals surface area (Å²) in [5.74, 6) is 0. The molecule has 0 bridgehead atoms. The van der Waals surface area contributed by atoms with E-state index in [1.807, 2.05) is 0 Å². The molecule has 0 fully saturated rings. The summed E-state index contributed by atoms with van der Waals surface area (Å²) >= 11 is 0. The Morgan fingerprint density at radius 1 is 1.46 bits per heavy atom. The number of aromatic nitrogens is 2. The monoisotopic (exact) mass is 182 g/mol. The predicted octanol–water partition coefficient (Wildman–Crippen LogP) is 0.721. The summed E-state index contributed by atoms with van der Waals surface area (Å²) in [7, 11) is 1.61. The van der Waals surface area contributed by atoms with Gasteiger partial charge >= 0.3 is 0 Å². The van der Waals surface area contributed by atoms with Crippen LogP contribution in [0.3, 0.4) is 0 Å². The minimum Gasteiger partial charge on any atom is -0.385 e. The SMILES string of the molecule is COCCC(C)(O)c1cncnc1. The maximum Gasteiger partial charge on any atom is 0.115 e. The van der Waals surface area contributed by atoms with Gasteiger partial charge in [-0.25, -0.2) is 9.97 Å². The summed E-state index contributed by atoms with van der Waals surface area (Å²) in [6.45, 7) is 2.24. The smallest absolute Gasteiger partial charge is 0.115 e. The van der Waals surface area contributed by atoms with Gasteiger partial charge in [0.05, 0.1) is 5.60 Å². The van der Waals surface area contributed by atoms with Gasteiger partial charge in [-0.3, -0.25) is 0 Å². The fraction of sp³-hybridized carbons (Fsp3) is 0.556. The molecule has 0 aromatic carbocycles. The summed E-state index contributed by atoms with van der Waals surface area (Å²) in [5.41, 5.74) is -0.191. The fourth-order valence-corrected chi connectivity index (χ4v) is 1.02. The Balaban J connectivity index is 2.69. The van der Waals surface area contributed by atoms with Gasteiger partial charge in [-0.05, 0) is 6.92 Å². The molecular formula is C9H14N2O2. The third kappa shape index (κ3) is 2.75. The zero-order chi connectivity index (χ0) is 9.73. The van der Waals surface area contributed by atoms with Crippen molar-refractivity contribution >= 4 is 0 Å². The Bertz CT molecular complexity index is 249. The van der Waals surface area contributed by atoms with Gasteiger partial charge in [0, 0.05) is 38.1 Å². The predicted molar refractivity (Wildman–Crippen MR) is 48.1 cm³/mol. The molecule has 0 aliphatic rings. The highest BCUT2D eigenvalue weighted by Gasteiger charge is 2.22. The van der Waals surface area contributed by atoms with E-state index in [4.69, 9.17) is 4.74 Å². The Labute approximate surface area is 77.6 Å². The van der Waals surface area contributed by atoms with Crippen LogP contribution in [0.25, 0.3) is 0 Å². The third-order valence-corrected chi connectivity index (χ3v) is 1.98. The average molecular weight is 182 g/mol. The van der Waals surface area contributed by atoms with Gasteiger partial charge in [-0.15, -0.1) is 0 Å². The van der Waals surface area contributed by atoms with Crippen LogP contribution < -0.4 is 0 Å². The van der Waals surface area contributed by atoms with E-state index in [2.05, 4.69) is 9.97 Å². The molecule has 72 valence electrons. The van der Waals surface area contributed by atoms with Crippen LogP contribution in [0.5, 0.6) is 0 Å². The van der Waals surface area contributed by atoms with Crippen LogP contribution in [0, 0.1) is 0 Å². The van der Waals surface area contributed by atoms with Gasteiger partial charge < -0.3 is 9.84 Å². The van der Waals surface area contributed by atoms with Crippen LogP contribution in [0.4, 0.5) is 0 Å². The minimum atomic E-state index is -0.905. The second-order valence-corrected chi connectivity index (χ2v) is 3.14. The number of rotatable bonds is 4. The van der Waals surface area contributed by atoms with Crippen LogP contribution in [-0.4, -0.2) is 28.8 Å². The zero-order valence-electron chi connectivity index (χ0n) is 7.90. The topological polar surface area (TPSA) is 55.2 Å². The van der Waals surface area contributed by atoms with E-state index in [9.17, 15) is 5.11 Å². The van der Waals surface area contributed by atoms with Crippen molar-refractivity contribution in [2.75, 3.05) is 13.7 Å². The van der Waals surface area contributed by atoms with Crippen LogP contribution >= 0.6 is 0 Å². The van der Waals surface area contributed by atoms with Crippen LogP contribution in [0.15, 0.2) is 18.7 Å². The van der Waals surface area contributed by atoms with E-state index in [1.54, 1.807) is 26.4 Å². The van der Waals surface area contributed by atoms with Crippen molar-refractivity contribution in [2.45, 2.75) is 18.9 Å². The van der Waals surface area contributed by atoms with E-state index in [1.165, 1.54) is 6.33 Å². The lowest BCUT2D eigenvalue weighted by molar-refractivity contribution is 0.0205. The Morgan fingerprint density at radius 3 is 2.62 bits per heavy atom. The van der Waals surface area contributed by atoms with Crippen molar-refractivity contribution < 1.29 is 9.84 Å². The maximum atomic E-state index is 9.96. The molecule has 1 aromatic heterocycles. The van der Waals surface area contributed by atoms with E-state index < -0.39 is 5.60 Å². The lowest BCUT2D eigenvalue weighted by atomic mass is 9.96. The first-order chi connectivity index (χ1) is 6.17. The lowest BCUT2D eigenvalue weighted by Gasteiger charge is -2.22. The number of methoxy groups -OCH3 is 1. The molecule has 1 heterocycles. The Kier molecular flexibility index (Phi) is 3.33. The van der Waals surface area contributed by atoms with E-state index in [0.29, 0.717) is 18.6 Å². The van der Waals surface area contributed by atoms with Crippen molar-refractivity contribution in [1.82, 2.24) is 9.97 Å². The quantitative estimate of drug-likeness (QED) is 0.745.